The normalized spacial score (nSPS) is 12.2. The van der Waals surface area contributed by atoms with Gasteiger partial charge in [-0.15, -0.1) is 0 Å². The number of ether oxygens (including phenoxy) is 1. The summed E-state index contributed by atoms with van der Waals surface area (Å²) in [4.78, 5) is 29.1. The summed E-state index contributed by atoms with van der Waals surface area (Å²) in [6, 6.07) is 10.6. The SMILES string of the molecule is CC(C)C(CO)n1cc(C(=O)O)c(=O)c2cc(Cc3cccc(Cl)c3F)c(Oc3cccnc3)cc21. The third kappa shape index (κ3) is 4.96. The van der Waals surface area contributed by atoms with E-state index in [-0.39, 0.29) is 34.9 Å². The third-order valence-corrected chi connectivity index (χ3v) is 6.33. The Kier molecular flexibility index (Phi) is 7.37. The van der Waals surface area contributed by atoms with Crippen LogP contribution in [-0.2, 0) is 6.42 Å². The van der Waals surface area contributed by atoms with Crippen LogP contribution in [0.4, 0.5) is 4.39 Å². The zero-order valence-electron chi connectivity index (χ0n) is 19.6. The van der Waals surface area contributed by atoms with Crippen LogP contribution in [0.1, 0.15) is 41.4 Å². The van der Waals surface area contributed by atoms with E-state index in [1.807, 2.05) is 13.8 Å². The van der Waals surface area contributed by atoms with Gasteiger partial charge in [-0.25, -0.2) is 9.18 Å². The fourth-order valence-electron chi connectivity index (χ4n) is 4.13. The average Bonchev–Trinajstić information content (AvgIpc) is 2.84. The van der Waals surface area contributed by atoms with Crippen molar-refractivity contribution in [3.63, 3.8) is 0 Å². The standard InChI is InChI=1S/C27H24ClFN2O5/c1-15(2)23(14-32)31-13-20(27(34)35)26(33)19-10-17(9-16-5-3-7-21(28)25(16)29)24(11-22(19)31)36-18-6-4-8-30-12-18/h3-8,10-13,15,23,32H,9,14H2,1-2H3,(H,34,35). The van der Waals surface area contributed by atoms with Gasteiger partial charge in [0, 0.05) is 35.8 Å². The lowest BCUT2D eigenvalue weighted by Crippen LogP contribution is -2.25. The van der Waals surface area contributed by atoms with E-state index in [1.165, 1.54) is 24.5 Å². The number of rotatable bonds is 8. The molecule has 2 aromatic carbocycles. The van der Waals surface area contributed by atoms with Crippen molar-refractivity contribution in [3.05, 3.63) is 98.8 Å². The molecule has 9 heteroatoms. The van der Waals surface area contributed by atoms with Crippen LogP contribution in [0.25, 0.3) is 10.9 Å². The molecule has 0 aliphatic heterocycles. The van der Waals surface area contributed by atoms with Crippen LogP contribution < -0.4 is 10.2 Å². The van der Waals surface area contributed by atoms with E-state index in [9.17, 15) is 24.2 Å². The minimum atomic E-state index is -1.38. The molecule has 0 aliphatic rings. The van der Waals surface area contributed by atoms with E-state index in [4.69, 9.17) is 16.3 Å². The molecular weight excluding hydrogens is 487 g/mol. The van der Waals surface area contributed by atoms with Crippen molar-refractivity contribution in [2.24, 2.45) is 5.92 Å². The van der Waals surface area contributed by atoms with Crippen LogP contribution >= 0.6 is 11.6 Å². The topological polar surface area (TPSA) is 102 Å². The van der Waals surface area contributed by atoms with E-state index >= 15 is 0 Å². The molecule has 0 amide bonds. The molecule has 1 atom stereocenters. The summed E-state index contributed by atoms with van der Waals surface area (Å²) in [5, 5.41) is 19.8. The van der Waals surface area contributed by atoms with E-state index in [2.05, 4.69) is 4.98 Å². The summed E-state index contributed by atoms with van der Waals surface area (Å²) >= 11 is 5.97. The van der Waals surface area contributed by atoms with Crippen molar-refractivity contribution in [2.45, 2.75) is 26.3 Å². The molecule has 0 fully saturated rings. The molecule has 0 radical (unpaired) electrons. The first kappa shape index (κ1) is 25.3. The molecule has 0 bridgehead atoms. The van der Waals surface area contributed by atoms with Crippen LogP contribution in [0.15, 0.2) is 65.8 Å². The predicted molar refractivity (Wildman–Crippen MR) is 135 cm³/mol. The number of carbonyl (C=O) groups is 1. The molecule has 0 saturated carbocycles. The Hall–Kier alpha value is -3.75. The number of nitrogens with zero attached hydrogens (tertiary/aromatic N) is 2. The number of hydrogen-bond donors (Lipinski definition) is 2. The average molecular weight is 511 g/mol. The molecule has 36 heavy (non-hydrogen) atoms. The molecule has 2 aromatic heterocycles. The van der Waals surface area contributed by atoms with Crippen molar-refractivity contribution in [3.8, 4) is 11.5 Å². The number of halogens is 2. The quantitative estimate of drug-likeness (QED) is 0.326. The van der Waals surface area contributed by atoms with E-state index < -0.39 is 28.8 Å². The summed E-state index contributed by atoms with van der Waals surface area (Å²) in [5.41, 5.74) is -0.00358. The number of carboxylic acids is 1. The van der Waals surface area contributed by atoms with Crippen molar-refractivity contribution in [1.29, 1.82) is 0 Å². The Morgan fingerprint density at radius 1 is 1.19 bits per heavy atom. The van der Waals surface area contributed by atoms with Gasteiger partial charge in [-0.3, -0.25) is 9.78 Å². The number of aliphatic hydroxyl groups is 1. The van der Waals surface area contributed by atoms with Crippen LogP contribution in [0, 0.1) is 11.7 Å². The minimum Gasteiger partial charge on any atom is -0.477 e. The highest BCUT2D eigenvalue weighted by Crippen LogP contribution is 2.34. The van der Waals surface area contributed by atoms with Gasteiger partial charge in [-0.1, -0.05) is 37.6 Å². The van der Waals surface area contributed by atoms with Gasteiger partial charge in [0.2, 0.25) is 5.43 Å². The summed E-state index contributed by atoms with van der Waals surface area (Å²) in [5.74, 6) is -1.31. The van der Waals surface area contributed by atoms with Crippen molar-refractivity contribution >= 4 is 28.5 Å². The third-order valence-electron chi connectivity index (χ3n) is 6.03. The molecule has 1 unspecified atom stereocenters. The molecule has 0 saturated heterocycles. The Balaban J connectivity index is 2.02. The number of fused-ring (bicyclic) bond motifs is 1. The first-order valence-corrected chi connectivity index (χ1v) is 11.7. The highest BCUT2D eigenvalue weighted by atomic mass is 35.5. The van der Waals surface area contributed by atoms with Gasteiger partial charge in [-0.2, -0.15) is 0 Å². The second-order valence-electron chi connectivity index (χ2n) is 8.74. The van der Waals surface area contributed by atoms with Crippen molar-refractivity contribution in [2.75, 3.05) is 6.61 Å². The number of benzene rings is 2. The molecule has 2 N–H and O–H groups in total. The minimum absolute atomic E-state index is 0.0300. The maximum atomic E-state index is 14.8. The lowest BCUT2D eigenvalue weighted by Gasteiger charge is -2.25. The second-order valence-corrected chi connectivity index (χ2v) is 9.14. The number of aliphatic hydroxyl groups excluding tert-OH is 1. The number of hydrogen-bond acceptors (Lipinski definition) is 5. The zero-order chi connectivity index (χ0) is 26.0. The fourth-order valence-corrected chi connectivity index (χ4v) is 4.32. The Bertz CT molecular complexity index is 1490. The molecule has 7 nitrogen and oxygen atoms in total. The maximum Gasteiger partial charge on any atom is 0.341 e. The Morgan fingerprint density at radius 3 is 2.61 bits per heavy atom. The number of carboxylic acid groups (broad SMARTS) is 1. The Morgan fingerprint density at radius 2 is 1.97 bits per heavy atom. The number of aromatic nitrogens is 2. The maximum absolute atomic E-state index is 14.8. The zero-order valence-corrected chi connectivity index (χ0v) is 20.4. The van der Waals surface area contributed by atoms with Crippen LogP contribution in [0.3, 0.4) is 0 Å². The van der Waals surface area contributed by atoms with Crippen molar-refractivity contribution in [1.82, 2.24) is 9.55 Å². The van der Waals surface area contributed by atoms with Gasteiger partial charge >= 0.3 is 5.97 Å². The monoisotopic (exact) mass is 510 g/mol. The number of pyridine rings is 2. The van der Waals surface area contributed by atoms with E-state index in [1.54, 1.807) is 41.1 Å². The van der Waals surface area contributed by atoms with E-state index in [0.717, 1.165) is 0 Å². The summed E-state index contributed by atoms with van der Waals surface area (Å²) in [6.45, 7) is 3.49. The van der Waals surface area contributed by atoms with Crippen LogP contribution in [-0.4, -0.2) is 32.3 Å². The Labute approximate surface area is 211 Å². The van der Waals surface area contributed by atoms with Gasteiger partial charge < -0.3 is 19.5 Å². The molecular formula is C27H24ClFN2O5. The molecule has 0 aliphatic carbocycles. The van der Waals surface area contributed by atoms with E-state index in [0.29, 0.717) is 22.6 Å². The smallest absolute Gasteiger partial charge is 0.341 e. The second kappa shape index (κ2) is 10.5. The van der Waals surface area contributed by atoms with Gasteiger partial charge in [0.05, 0.1) is 29.4 Å². The first-order chi connectivity index (χ1) is 17.2. The largest absolute Gasteiger partial charge is 0.477 e. The lowest BCUT2D eigenvalue weighted by molar-refractivity contribution is 0.0694. The summed E-state index contributed by atoms with van der Waals surface area (Å²) in [7, 11) is 0. The molecule has 2 heterocycles. The predicted octanol–water partition coefficient (Wildman–Crippen LogP) is 5.46. The lowest BCUT2D eigenvalue weighted by atomic mass is 9.98. The van der Waals surface area contributed by atoms with Gasteiger partial charge in [0.1, 0.15) is 22.9 Å². The van der Waals surface area contributed by atoms with Crippen molar-refractivity contribution < 1.29 is 24.1 Å². The molecule has 4 rings (SSSR count). The first-order valence-electron chi connectivity index (χ1n) is 11.3. The van der Waals surface area contributed by atoms with Crippen LogP contribution in [0.5, 0.6) is 11.5 Å². The summed E-state index contributed by atoms with van der Waals surface area (Å²) in [6.07, 6.45) is 4.38. The van der Waals surface area contributed by atoms with Gasteiger partial charge in [-0.05, 0) is 35.7 Å². The molecule has 4 aromatic rings. The fraction of sp³-hybridized carbons (Fsp3) is 0.222. The number of aromatic carboxylic acids is 1. The molecule has 186 valence electrons. The molecule has 0 spiro atoms. The van der Waals surface area contributed by atoms with Gasteiger partial charge in [0.25, 0.3) is 0 Å². The van der Waals surface area contributed by atoms with Crippen LogP contribution in [0.2, 0.25) is 5.02 Å². The highest BCUT2D eigenvalue weighted by Gasteiger charge is 2.23. The van der Waals surface area contributed by atoms with Gasteiger partial charge in [0.15, 0.2) is 0 Å². The summed E-state index contributed by atoms with van der Waals surface area (Å²) < 4.78 is 22.4. The highest BCUT2D eigenvalue weighted by molar-refractivity contribution is 6.30.